The Bertz CT molecular complexity index is 3320. The van der Waals surface area contributed by atoms with Crippen molar-refractivity contribution in [1.82, 2.24) is 19.8 Å². The van der Waals surface area contributed by atoms with Crippen molar-refractivity contribution in [3.05, 3.63) is 187 Å². The van der Waals surface area contributed by atoms with Gasteiger partial charge in [0.1, 0.15) is 41.7 Å². The van der Waals surface area contributed by atoms with Gasteiger partial charge in [0.05, 0.1) is 19.3 Å². The molecular formula is C57H54Cl4N4O10. The lowest BCUT2D eigenvalue weighted by Gasteiger charge is -2.35. The first-order valence-electron chi connectivity index (χ1n) is 24.4. The van der Waals surface area contributed by atoms with Crippen LogP contribution in [0.1, 0.15) is 67.4 Å². The lowest BCUT2D eigenvalue weighted by molar-refractivity contribution is -0.167. The van der Waals surface area contributed by atoms with Crippen LogP contribution >= 0.6 is 46.4 Å². The number of aromatic nitrogens is 2. The number of rotatable bonds is 11. The Kier molecular flexibility index (Phi) is 15.5. The normalized spacial score (nSPS) is 18.2. The Morgan fingerprint density at radius 3 is 1.53 bits per heavy atom. The number of carbonyl (C=O) groups is 2. The van der Waals surface area contributed by atoms with Gasteiger partial charge in [-0.1, -0.05) is 70.7 Å². The molecule has 75 heavy (non-hydrogen) atoms. The number of fused-ring (bicyclic) bond motifs is 6. The highest BCUT2D eigenvalue weighted by atomic mass is 35.5. The SMILES string of the molecule is CC1(C)OC[C@H](Oc2ccc([C@H]3c4[nH]c5ccc(Cl)cc5c4CCN3C(=O)Oc3ccc(Cl)cc3)cc2)O1.O=C(Oc1ccc(Cl)cc1)N1CCc2c([nH]c3ccc(Cl)cc23)[C@@H]1c1ccc(OCC[C@H](O)CO)cc1.[HH]. The van der Waals surface area contributed by atoms with E-state index in [4.69, 9.17) is 79.9 Å². The number of benzene rings is 6. The number of hydrogen-bond acceptors (Lipinski definition) is 10. The molecule has 3 aliphatic heterocycles. The molecule has 0 aliphatic carbocycles. The summed E-state index contributed by atoms with van der Waals surface area (Å²) in [6, 6.07) is 39.3. The summed E-state index contributed by atoms with van der Waals surface area (Å²) < 4.78 is 34.5. The van der Waals surface area contributed by atoms with Crippen molar-refractivity contribution in [2.45, 2.75) is 63.4 Å². The number of aliphatic hydroxyl groups is 2. The molecule has 11 rings (SSSR count). The maximum Gasteiger partial charge on any atom is 0.416 e. The Hall–Kier alpha value is -6.46. The van der Waals surface area contributed by atoms with Crippen LogP contribution in [0.25, 0.3) is 21.8 Å². The topological polar surface area (TPSA) is 168 Å². The van der Waals surface area contributed by atoms with Crippen molar-refractivity contribution >= 4 is 80.4 Å². The second-order valence-electron chi connectivity index (χ2n) is 18.7. The minimum absolute atomic E-state index is 0. The van der Waals surface area contributed by atoms with Crippen molar-refractivity contribution in [1.29, 1.82) is 0 Å². The molecule has 4 atom stereocenters. The molecule has 6 aromatic carbocycles. The molecule has 390 valence electrons. The first-order chi connectivity index (χ1) is 36.2. The van der Waals surface area contributed by atoms with Crippen molar-refractivity contribution in [2.24, 2.45) is 0 Å². The van der Waals surface area contributed by atoms with E-state index < -0.39 is 42.5 Å². The number of nitrogens with zero attached hydrogens (tertiary/aromatic N) is 2. The molecule has 0 radical (unpaired) electrons. The third-order valence-electron chi connectivity index (χ3n) is 13.3. The number of halogens is 4. The summed E-state index contributed by atoms with van der Waals surface area (Å²) in [6.45, 7) is 4.96. The van der Waals surface area contributed by atoms with Gasteiger partial charge in [-0.3, -0.25) is 9.80 Å². The Morgan fingerprint density at radius 1 is 0.653 bits per heavy atom. The number of nitrogens with one attached hydrogen (secondary N) is 2. The lowest BCUT2D eigenvalue weighted by Crippen LogP contribution is -2.42. The van der Waals surface area contributed by atoms with Crippen LogP contribution in [0, 0.1) is 0 Å². The number of aliphatic hydroxyl groups excluding tert-OH is 2. The van der Waals surface area contributed by atoms with E-state index >= 15 is 0 Å². The van der Waals surface area contributed by atoms with E-state index in [9.17, 15) is 14.7 Å². The predicted molar refractivity (Wildman–Crippen MR) is 290 cm³/mol. The molecule has 2 aromatic heterocycles. The molecule has 0 unspecified atom stereocenters. The smallest absolute Gasteiger partial charge is 0.416 e. The standard InChI is InChI=1S/C29H26Cl2N2O5.C28H26Cl2N2O5.H2/c1-29(2)35-16-25(38-29)36-20-8-3-17(4-9-20)27-26-22(23-15-19(31)7-12-24(23)32-26)13-14-33(27)28(34)37-21-10-5-18(30)6-11-21;29-18-3-8-22(9-4-18)37-28(35)32-13-11-23-24-15-19(30)5-10-25(24)31-26(23)27(32)17-1-6-21(7-2-17)36-14-12-20(34)16-33;/h3-12,15,25,27,32H,13-14,16H2,1-2H3;1-10,15,20,27,31,33-34H,11-14,16H2;1H/t25-,27+;20-,27-;/m10./s1. The van der Waals surface area contributed by atoms with Crippen LogP contribution < -0.4 is 18.9 Å². The highest BCUT2D eigenvalue weighted by Gasteiger charge is 2.38. The molecule has 18 heteroatoms. The molecule has 14 nitrogen and oxygen atoms in total. The number of H-pyrrole nitrogens is 2. The van der Waals surface area contributed by atoms with E-state index in [1.807, 2.05) is 98.8 Å². The molecule has 1 saturated heterocycles. The van der Waals surface area contributed by atoms with Crippen molar-refractivity contribution in [2.75, 3.05) is 32.9 Å². The zero-order valence-electron chi connectivity index (χ0n) is 40.7. The van der Waals surface area contributed by atoms with Gasteiger partial charge in [-0.15, -0.1) is 0 Å². The summed E-state index contributed by atoms with van der Waals surface area (Å²) >= 11 is 24.6. The van der Waals surface area contributed by atoms with E-state index in [2.05, 4.69) is 9.97 Å². The van der Waals surface area contributed by atoms with E-state index in [1.54, 1.807) is 58.3 Å². The predicted octanol–water partition coefficient (Wildman–Crippen LogP) is 13.1. The van der Waals surface area contributed by atoms with Crippen molar-refractivity contribution in [3.8, 4) is 23.0 Å². The van der Waals surface area contributed by atoms with Crippen molar-refractivity contribution < 1.29 is 49.6 Å². The third kappa shape index (κ3) is 11.8. The molecule has 5 heterocycles. The molecular weight excluding hydrogens is 1040 g/mol. The van der Waals surface area contributed by atoms with E-state index in [0.29, 0.717) is 82.0 Å². The van der Waals surface area contributed by atoms with Gasteiger partial charge >= 0.3 is 12.2 Å². The Labute approximate surface area is 454 Å². The fourth-order valence-corrected chi connectivity index (χ4v) is 10.3. The second kappa shape index (κ2) is 22.4. The summed E-state index contributed by atoms with van der Waals surface area (Å²) in [5.74, 6) is 1.44. The average molecular weight is 1100 g/mol. The number of aromatic amines is 2. The molecule has 4 N–H and O–H groups in total. The van der Waals surface area contributed by atoms with Crippen LogP contribution in [-0.4, -0.2) is 93.3 Å². The number of amides is 2. The lowest BCUT2D eigenvalue weighted by atomic mass is 9.92. The number of carbonyl (C=O) groups excluding carboxylic acids is 2. The van der Waals surface area contributed by atoms with Gasteiger partial charge in [-0.05, 0) is 158 Å². The number of hydrogen-bond donors (Lipinski definition) is 4. The maximum absolute atomic E-state index is 13.5. The van der Waals surface area contributed by atoms with Gasteiger partial charge in [-0.25, -0.2) is 9.59 Å². The molecule has 1 fully saturated rings. The highest BCUT2D eigenvalue weighted by molar-refractivity contribution is 6.32. The summed E-state index contributed by atoms with van der Waals surface area (Å²) in [5, 5.41) is 23.1. The minimum atomic E-state index is -0.810. The minimum Gasteiger partial charge on any atom is -0.493 e. The molecule has 8 aromatic rings. The summed E-state index contributed by atoms with van der Waals surface area (Å²) in [5.41, 5.74) is 7.83. The molecule has 0 saturated carbocycles. The van der Waals surface area contributed by atoms with Crippen LogP contribution in [0.2, 0.25) is 20.1 Å². The zero-order chi connectivity index (χ0) is 52.4. The van der Waals surface area contributed by atoms with Gasteiger partial charge in [0.15, 0.2) is 5.79 Å². The second-order valence-corrected chi connectivity index (χ2v) is 20.5. The molecule has 3 aliphatic rings. The Morgan fingerprint density at radius 2 is 1.09 bits per heavy atom. The van der Waals surface area contributed by atoms with Gasteiger partial charge in [0.25, 0.3) is 0 Å². The van der Waals surface area contributed by atoms with Gasteiger partial charge in [0, 0.05) is 74.2 Å². The quantitative estimate of drug-likeness (QED) is 0.0978. The third-order valence-corrected chi connectivity index (χ3v) is 14.2. The highest BCUT2D eigenvalue weighted by Crippen LogP contribution is 2.42. The van der Waals surface area contributed by atoms with Crippen LogP contribution in [0.3, 0.4) is 0 Å². The fraction of sp³-hybridized carbons (Fsp3) is 0.263. The van der Waals surface area contributed by atoms with Crippen LogP contribution in [0.5, 0.6) is 23.0 Å². The van der Waals surface area contributed by atoms with Crippen LogP contribution in [0.15, 0.2) is 133 Å². The van der Waals surface area contributed by atoms with Crippen LogP contribution in [0.4, 0.5) is 9.59 Å². The van der Waals surface area contributed by atoms with E-state index in [-0.39, 0.29) is 14.6 Å². The first kappa shape index (κ1) is 52.0. The van der Waals surface area contributed by atoms with Crippen molar-refractivity contribution in [3.63, 3.8) is 0 Å². The fourth-order valence-electron chi connectivity index (χ4n) is 9.67. The van der Waals surface area contributed by atoms with E-state index in [1.165, 1.54) is 0 Å². The summed E-state index contributed by atoms with van der Waals surface area (Å²) in [7, 11) is 0. The first-order valence-corrected chi connectivity index (χ1v) is 25.9. The summed E-state index contributed by atoms with van der Waals surface area (Å²) in [4.78, 5) is 37.3. The average Bonchev–Trinajstić information content (AvgIpc) is 4.11. The monoisotopic (exact) mass is 1090 g/mol. The molecule has 2 amide bonds. The van der Waals surface area contributed by atoms with Gasteiger partial charge < -0.3 is 48.6 Å². The van der Waals surface area contributed by atoms with Crippen LogP contribution in [-0.2, 0) is 22.3 Å². The summed E-state index contributed by atoms with van der Waals surface area (Å²) in [6.07, 6.45) is -0.566. The van der Waals surface area contributed by atoms with Gasteiger partial charge in [0.2, 0.25) is 6.29 Å². The Balaban J connectivity index is 0.000000183. The van der Waals surface area contributed by atoms with Gasteiger partial charge in [-0.2, -0.15) is 0 Å². The van der Waals surface area contributed by atoms with E-state index in [0.717, 1.165) is 55.4 Å². The largest absolute Gasteiger partial charge is 0.493 e. The zero-order valence-corrected chi connectivity index (χ0v) is 43.8. The number of ether oxygens (including phenoxy) is 6. The molecule has 0 spiro atoms. The maximum atomic E-state index is 13.5. The molecule has 0 bridgehead atoms.